The average Bonchev–Trinajstić information content (AvgIpc) is 3.43. The molecule has 0 aromatic rings. The van der Waals surface area contributed by atoms with E-state index in [1.807, 2.05) is 0 Å². The maximum absolute atomic E-state index is 11.9. The fourth-order valence-corrected chi connectivity index (χ4v) is 12.2. The summed E-state index contributed by atoms with van der Waals surface area (Å²) in [5, 5.41) is 238. The zero-order valence-corrected chi connectivity index (χ0v) is 41.9. The van der Waals surface area contributed by atoms with E-state index in [1.54, 1.807) is 0 Å². The van der Waals surface area contributed by atoms with Crippen molar-refractivity contribution in [2.45, 2.75) is 216 Å². The summed E-state index contributed by atoms with van der Waals surface area (Å²) < 4.78 is 47.2. The predicted molar refractivity (Wildman–Crippen MR) is 247 cm³/mol. The van der Waals surface area contributed by atoms with E-state index in [2.05, 4.69) is 0 Å². The molecule has 0 aromatic carbocycles. The second-order valence-electron chi connectivity index (χ2n) is 21.9. The van der Waals surface area contributed by atoms with E-state index in [-0.39, 0.29) is 38.5 Å². The number of aliphatic hydroxyl groups is 22. The average molecular weight is 1130 g/mol. The summed E-state index contributed by atoms with van der Waals surface area (Å²) in [7, 11) is 0. The molecule has 22 N–H and O–H groups in total. The van der Waals surface area contributed by atoms with Gasteiger partial charge in [-0.2, -0.15) is 0 Å². The van der Waals surface area contributed by atoms with Gasteiger partial charge < -0.3 is 150 Å². The molecule has 14 unspecified atom stereocenters. The Morgan fingerprint density at radius 3 is 0.948 bits per heavy atom. The maximum Gasteiger partial charge on any atom is 0.187 e. The van der Waals surface area contributed by atoms with Crippen molar-refractivity contribution < 1.29 is 150 Å². The quantitative estimate of drug-likeness (QED) is 0.0571. The summed E-state index contributed by atoms with van der Waals surface area (Å²) >= 11 is 0. The van der Waals surface area contributed by atoms with Gasteiger partial charge >= 0.3 is 0 Å². The van der Waals surface area contributed by atoms with E-state index in [9.17, 15) is 112 Å². The van der Waals surface area contributed by atoms with Crippen LogP contribution in [-0.2, 0) is 37.9 Å². The van der Waals surface area contributed by atoms with Gasteiger partial charge in [0, 0.05) is 69.0 Å². The van der Waals surface area contributed by atoms with Gasteiger partial charge in [-0.1, -0.05) is 0 Å². The minimum absolute atomic E-state index is 0.230. The topological polar surface area (TPSA) is 519 Å². The Morgan fingerprint density at radius 2 is 0.597 bits per heavy atom. The summed E-state index contributed by atoms with van der Waals surface area (Å²) in [6, 6.07) is 0. The molecule has 7 rings (SSSR count). The fraction of sp³-hybridized carbons (Fsp3) is 1.00. The number of hydrogen-bond acceptors (Lipinski definition) is 30. The van der Waals surface area contributed by atoms with Crippen molar-refractivity contribution in [1.82, 2.24) is 0 Å². The summed E-state index contributed by atoms with van der Waals surface area (Å²) in [6.45, 7) is -5.00. The smallest absolute Gasteiger partial charge is 0.187 e. The molecule has 2 aliphatic heterocycles. The molecule has 2 heterocycles. The molecule has 7 fully saturated rings. The van der Waals surface area contributed by atoms with Gasteiger partial charge in [0.1, 0.15) is 91.6 Å². The zero-order chi connectivity index (χ0) is 56.5. The molecular weight excluding hydrogens is 1040 g/mol. The highest BCUT2D eigenvalue weighted by atomic mass is 16.7. The van der Waals surface area contributed by atoms with Crippen LogP contribution in [0, 0.1) is 29.6 Å². The molecule has 0 spiro atoms. The third-order valence-electron chi connectivity index (χ3n) is 17.1. The van der Waals surface area contributed by atoms with E-state index in [0.29, 0.717) is 0 Å². The number of hydrogen-bond donors (Lipinski definition) is 22. The number of aliphatic hydroxyl groups excluding tert-OH is 22. The summed E-state index contributed by atoms with van der Waals surface area (Å²) in [4.78, 5) is 0. The standard InChI is InChI=1S/C47H82O30/c48-7-14-1-20(32(60)38(66)27(14)55)72-43-29(57)16(9-50)3-22(34(43)62)74-45-31(59)18(11-52)5-24(36(45)64)75-44-30(58)17(10-51)4-23(35(44)63)73-42-28(56)15(8-49)2-21(33(42)61)71-25-6-19(12-53)70-47(37(25)65)77-41-26(13-54)76-46(69)40(68)39(41)67/h14-69H,1-13H2/t14?,15?,16?,17?,18?,19?,20-,21-,22-,23-,24-,25?,26?,27+,28+,29+,30+,31+,32?,33-,34-,35-,36-,37+,38+,39?,40+,41-,42?,43?,44?,45?,46-,47+/m1/s1. The van der Waals surface area contributed by atoms with E-state index in [1.165, 1.54) is 0 Å². The third kappa shape index (κ3) is 13.3. The third-order valence-corrected chi connectivity index (χ3v) is 17.1. The van der Waals surface area contributed by atoms with Crippen LogP contribution in [0.15, 0.2) is 0 Å². The Bertz CT molecular complexity index is 1780. The summed E-state index contributed by atoms with van der Waals surface area (Å²) in [5.41, 5.74) is 0. The van der Waals surface area contributed by atoms with Crippen LogP contribution in [0.2, 0.25) is 0 Å². The molecule has 2 saturated heterocycles. The second-order valence-corrected chi connectivity index (χ2v) is 21.9. The monoisotopic (exact) mass is 1130 g/mol. The molecule has 0 bridgehead atoms. The Hall–Kier alpha value is -1.20. The van der Waals surface area contributed by atoms with Gasteiger partial charge in [0.05, 0.1) is 86.5 Å². The molecule has 5 saturated carbocycles. The summed E-state index contributed by atoms with van der Waals surface area (Å²) in [5.74, 6) is -5.44. The molecule has 77 heavy (non-hydrogen) atoms. The molecule has 450 valence electrons. The van der Waals surface area contributed by atoms with Crippen LogP contribution in [0.25, 0.3) is 0 Å². The van der Waals surface area contributed by atoms with Gasteiger partial charge in [-0.3, -0.25) is 0 Å². The highest BCUT2D eigenvalue weighted by molar-refractivity contribution is 5.04. The predicted octanol–water partition coefficient (Wildman–Crippen LogP) is -11.9. The van der Waals surface area contributed by atoms with Gasteiger partial charge in [-0.15, -0.1) is 0 Å². The van der Waals surface area contributed by atoms with E-state index in [4.69, 9.17) is 37.9 Å². The van der Waals surface area contributed by atoms with Crippen molar-refractivity contribution in [2.75, 3.05) is 46.2 Å². The lowest BCUT2D eigenvalue weighted by Crippen LogP contribution is -2.65. The highest BCUT2D eigenvalue weighted by Gasteiger charge is 2.57. The van der Waals surface area contributed by atoms with Crippen LogP contribution >= 0.6 is 0 Å². The van der Waals surface area contributed by atoms with Crippen LogP contribution in [0.1, 0.15) is 38.5 Å². The van der Waals surface area contributed by atoms with Gasteiger partial charge in [0.2, 0.25) is 0 Å². The first-order valence-electron chi connectivity index (χ1n) is 26.3. The van der Waals surface area contributed by atoms with Crippen molar-refractivity contribution in [1.29, 1.82) is 0 Å². The molecule has 0 amide bonds. The molecule has 7 aliphatic rings. The van der Waals surface area contributed by atoms with Crippen LogP contribution in [-0.4, -0.2) is 336 Å². The SMILES string of the molecule is OCC1CC(O[C@@H]2CC(CO)[C@H](O)C(O[C@@H]3CC(CO)[C@H](O)C(O[C@@H]4CC(CO)[C@H](O)C(O[C@@H]5CC(CO)[C@H](O)C(O[C@@H]6CC(CO)[C@H](O)[C@H](O)C6O)[C@@H]5O)[C@@H]4O)[C@@H]3O)[C@@H]2O)[C@H](O)[C@H](O[C@@H]2C(CO)O[C@@H](O)[C@@H](O)C2O)O1. The molecule has 30 nitrogen and oxygen atoms in total. The normalized spacial score (nSPS) is 53.1. The Morgan fingerprint density at radius 1 is 0.260 bits per heavy atom. The maximum atomic E-state index is 11.9. The van der Waals surface area contributed by atoms with Crippen molar-refractivity contribution in [3.05, 3.63) is 0 Å². The van der Waals surface area contributed by atoms with Crippen LogP contribution in [0.5, 0.6) is 0 Å². The molecule has 5 aliphatic carbocycles. The van der Waals surface area contributed by atoms with E-state index < -0.39 is 253 Å². The lowest BCUT2D eigenvalue weighted by Gasteiger charge is -2.50. The first-order chi connectivity index (χ1) is 36.6. The first-order valence-corrected chi connectivity index (χ1v) is 26.3. The molecule has 30 heteroatoms. The lowest BCUT2D eigenvalue weighted by atomic mass is 9.77. The van der Waals surface area contributed by atoms with E-state index in [0.717, 1.165) is 0 Å². The lowest BCUT2D eigenvalue weighted by molar-refractivity contribution is -0.350. The first kappa shape index (κ1) is 63.4. The van der Waals surface area contributed by atoms with E-state index >= 15 is 0 Å². The Labute approximate surface area is 441 Å². The zero-order valence-electron chi connectivity index (χ0n) is 41.9. The number of ether oxygens (including phenoxy) is 8. The molecule has 0 aromatic heterocycles. The van der Waals surface area contributed by atoms with Crippen molar-refractivity contribution >= 4 is 0 Å². The molecule has 0 radical (unpaired) electrons. The molecule has 34 atom stereocenters. The van der Waals surface area contributed by atoms with Gasteiger partial charge in [-0.25, -0.2) is 0 Å². The second kappa shape index (κ2) is 27.5. The minimum Gasteiger partial charge on any atom is -0.396 e. The van der Waals surface area contributed by atoms with Crippen LogP contribution in [0.3, 0.4) is 0 Å². The summed E-state index contributed by atoms with van der Waals surface area (Å²) in [6.07, 6.45) is -49.8. The number of rotatable bonds is 19. The van der Waals surface area contributed by atoms with Gasteiger partial charge in [-0.05, 0) is 32.1 Å². The highest BCUT2D eigenvalue weighted by Crippen LogP contribution is 2.42. The largest absolute Gasteiger partial charge is 0.396 e. The van der Waals surface area contributed by atoms with Crippen molar-refractivity contribution in [3.8, 4) is 0 Å². The van der Waals surface area contributed by atoms with Crippen molar-refractivity contribution in [2.24, 2.45) is 29.6 Å². The Balaban J connectivity index is 1.05. The van der Waals surface area contributed by atoms with Gasteiger partial charge in [0.15, 0.2) is 12.6 Å². The molecular formula is C47H82O30. The van der Waals surface area contributed by atoms with Crippen molar-refractivity contribution in [3.63, 3.8) is 0 Å². The fourth-order valence-electron chi connectivity index (χ4n) is 12.2. The van der Waals surface area contributed by atoms with Crippen LogP contribution < -0.4 is 0 Å². The Kier molecular flexibility index (Phi) is 22.6. The minimum atomic E-state index is -1.90. The van der Waals surface area contributed by atoms with Gasteiger partial charge in [0.25, 0.3) is 0 Å². The van der Waals surface area contributed by atoms with Crippen LogP contribution in [0.4, 0.5) is 0 Å².